The molecule has 0 aliphatic carbocycles. The molecule has 2 aromatic rings. The first-order valence-corrected chi connectivity index (χ1v) is 4.90. The molecule has 2 rings (SSSR count). The molecule has 0 fully saturated rings. The lowest BCUT2D eigenvalue weighted by atomic mass is 10.0. The van der Waals surface area contributed by atoms with Crippen LogP contribution in [0.15, 0.2) is 30.6 Å². The Morgan fingerprint density at radius 2 is 2.25 bits per heavy atom. The van der Waals surface area contributed by atoms with Crippen LogP contribution in [0.3, 0.4) is 0 Å². The number of carbonyl (C=O) groups excluding carboxylic acids is 1. The summed E-state index contributed by atoms with van der Waals surface area (Å²) < 4.78 is 5.23. The number of ether oxygens (including phenoxy) is 1. The summed E-state index contributed by atoms with van der Waals surface area (Å²) in [5, 5.41) is 1.92. The van der Waals surface area contributed by atoms with Crippen LogP contribution in [0.25, 0.3) is 10.8 Å². The molecule has 0 spiro atoms. The van der Waals surface area contributed by atoms with Crippen molar-refractivity contribution in [1.82, 2.24) is 4.98 Å². The number of carbonyl (C=O) groups is 1. The van der Waals surface area contributed by atoms with E-state index in [0.29, 0.717) is 5.75 Å². The van der Waals surface area contributed by atoms with Crippen molar-refractivity contribution in [2.24, 2.45) is 5.73 Å². The van der Waals surface area contributed by atoms with Crippen molar-refractivity contribution in [3.63, 3.8) is 0 Å². The van der Waals surface area contributed by atoms with Crippen molar-refractivity contribution in [2.45, 2.75) is 6.42 Å². The Hall–Kier alpha value is -2.10. The second kappa shape index (κ2) is 4.18. The van der Waals surface area contributed by atoms with Crippen LogP contribution in [0, 0.1) is 0 Å². The number of fused-ring (bicyclic) bond motifs is 1. The highest BCUT2D eigenvalue weighted by Crippen LogP contribution is 2.27. The summed E-state index contributed by atoms with van der Waals surface area (Å²) in [5.74, 6) is 0.306. The summed E-state index contributed by atoms with van der Waals surface area (Å²) in [7, 11) is 1.58. The fourth-order valence-corrected chi connectivity index (χ4v) is 1.76. The summed E-state index contributed by atoms with van der Waals surface area (Å²) in [6, 6.07) is 5.59. The summed E-state index contributed by atoms with van der Waals surface area (Å²) in [6.07, 6.45) is 3.61. The van der Waals surface area contributed by atoms with Gasteiger partial charge < -0.3 is 10.5 Å². The van der Waals surface area contributed by atoms with Crippen LogP contribution in [0.2, 0.25) is 0 Å². The molecule has 1 amide bonds. The van der Waals surface area contributed by atoms with Crippen molar-refractivity contribution < 1.29 is 9.53 Å². The molecule has 16 heavy (non-hydrogen) atoms. The van der Waals surface area contributed by atoms with Gasteiger partial charge >= 0.3 is 0 Å². The number of benzene rings is 1. The first kappa shape index (κ1) is 10.4. The lowest BCUT2D eigenvalue weighted by Gasteiger charge is -2.10. The van der Waals surface area contributed by atoms with Gasteiger partial charge in [-0.25, -0.2) is 0 Å². The van der Waals surface area contributed by atoms with Gasteiger partial charge in [0.05, 0.1) is 13.5 Å². The number of methoxy groups -OCH3 is 1. The molecule has 0 unspecified atom stereocenters. The van der Waals surface area contributed by atoms with Gasteiger partial charge in [0.2, 0.25) is 5.91 Å². The zero-order valence-electron chi connectivity index (χ0n) is 8.93. The average molecular weight is 216 g/mol. The minimum Gasteiger partial charge on any atom is -0.496 e. The Labute approximate surface area is 93.0 Å². The van der Waals surface area contributed by atoms with Crippen molar-refractivity contribution in [1.29, 1.82) is 0 Å². The zero-order valence-corrected chi connectivity index (χ0v) is 8.93. The highest BCUT2D eigenvalue weighted by molar-refractivity contribution is 5.91. The number of amides is 1. The first-order valence-electron chi connectivity index (χ1n) is 4.90. The minimum atomic E-state index is -0.373. The van der Waals surface area contributed by atoms with E-state index in [0.717, 1.165) is 16.3 Å². The largest absolute Gasteiger partial charge is 0.496 e. The van der Waals surface area contributed by atoms with Gasteiger partial charge in [0, 0.05) is 23.3 Å². The predicted octanol–water partition coefficient (Wildman–Crippen LogP) is 1.27. The smallest absolute Gasteiger partial charge is 0.222 e. The molecule has 0 atom stereocenters. The summed E-state index contributed by atoms with van der Waals surface area (Å²) in [4.78, 5) is 15.1. The van der Waals surface area contributed by atoms with Crippen LogP contribution in [-0.4, -0.2) is 18.0 Å². The Morgan fingerprint density at radius 1 is 1.44 bits per heavy atom. The SMILES string of the molecule is COc1ccc2cnccc2c1CC(N)=O. The Bertz CT molecular complexity index is 538. The summed E-state index contributed by atoms with van der Waals surface area (Å²) in [5.41, 5.74) is 6.04. The van der Waals surface area contributed by atoms with Crippen molar-refractivity contribution in [2.75, 3.05) is 7.11 Å². The highest BCUT2D eigenvalue weighted by Gasteiger charge is 2.10. The van der Waals surface area contributed by atoms with E-state index in [9.17, 15) is 4.79 Å². The van der Waals surface area contributed by atoms with E-state index in [1.165, 1.54) is 0 Å². The third kappa shape index (κ3) is 1.82. The van der Waals surface area contributed by atoms with Crippen LogP contribution in [0.4, 0.5) is 0 Å². The predicted molar refractivity (Wildman–Crippen MR) is 61.2 cm³/mol. The van der Waals surface area contributed by atoms with Crippen LogP contribution < -0.4 is 10.5 Å². The molecule has 1 heterocycles. The fraction of sp³-hybridized carbons (Fsp3) is 0.167. The number of nitrogens with zero attached hydrogens (tertiary/aromatic N) is 1. The second-order valence-corrected chi connectivity index (χ2v) is 3.49. The van der Waals surface area contributed by atoms with E-state index in [1.807, 2.05) is 18.2 Å². The number of nitrogens with two attached hydrogens (primary N) is 1. The molecule has 4 nitrogen and oxygen atoms in total. The number of pyridine rings is 1. The van der Waals surface area contributed by atoms with E-state index < -0.39 is 0 Å². The van der Waals surface area contributed by atoms with Crippen LogP contribution in [0.5, 0.6) is 5.75 Å². The van der Waals surface area contributed by atoms with Gasteiger partial charge in [-0.05, 0) is 23.6 Å². The number of aromatic nitrogens is 1. The van der Waals surface area contributed by atoms with Gasteiger partial charge in [0.25, 0.3) is 0 Å². The van der Waals surface area contributed by atoms with E-state index >= 15 is 0 Å². The number of hydrogen-bond donors (Lipinski definition) is 1. The Kier molecular flexibility index (Phi) is 2.72. The number of primary amides is 1. The standard InChI is InChI=1S/C12H12N2O2/c1-16-11-3-2-8-7-14-5-4-9(8)10(11)6-12(13)15/h2-5,7H,6H2,1H3,(H2,13,15). The maximum atomic E-state index is 11.0. The first-order chi connectivity index (χ1) is 7.72. The summed E-state index contributed by atoms with van der Waals surface area (Å²) >= 11 is 0. The number of hydrogen-bond acceptors (Lipinski definition) is 3. The van der Waals surface area contributed by atoms with Crippen LogP contribution >= 0.6 is 0 Å². The second-order valence-electron chi connectivity index (χ2n) is 3.49. The van der Waals surface area contributed by atoms with Crippen molar-refractivity contribution in [3.8, 4) is 5.75 Å². The average Bonchev–Trinajstić information content (AvgIpc) is 2.29. The van der Waals surface area contributed by atoms with Crippen LogP contribution in [0.1, 0.15) is 5.56 Å². The van der Waals surface area contributed by atoms with Crippen molar-refractivity contribution in [3.05, 3.63) is 36.2 Å². The third-order valence-electron chi connectivity index (χ3n) is 2.46. The van der Waals surface area contributed by atoms with E-state index in [-0.39, 0.29) is 12.3 Å². The fourth-order valence-electron chi connectivity index (χ4n) is 1.76. The molecule has 1 aromatic carbocycles. The lowest BCUT2D eigenvalue weighted by molar-refractivity contribution is -0.117. The quantitative estimate of drug-likeness (QED) is 0.840. The molecule has 82 valence electrons. The monoisotopic (exact) mass is 216 g/mol. The van der Waals surface area contributed by atoms with E-state index in [1.54, 1.807) is 19.5 Å². The summed E-state index contributed by atoms with van der Waals surface area (Å²) in [6.45, 7) is 0. The highest BCUT2D eigenvalue weighted by atomic mass is 16.5. The number of rotatable bonds is 3. The maximum Gasteiger partial charge on any atom is 0.222 e. The van der Waals surface area contributed by atoms with E-state index in [4.69, 9.17) is 10.5 Å². The third-order valence-corrected chi connectivity index (χ3v) is 2.46. The van der Waals surface area contributed by atoms with Gasteiger partial charge in [-0.15, -0.1) is 0 Å². The topological polar surface area (TPSA) is 65.2 Å². The molecular weight excluding hydrogens is 204 g/mol. The molecule has 0 aliphatic rings. The van der Waals surface area contributed by atoms with Crippen molar-refractivity contribution >= 4 is 16.7 Å². The molecule has 0 radical (unpaired) electrons. The zero-order chi connectivity index (χ0) is 11.5. The molecule has 1 aromatic heterocycles. The maximum absolute atomic E-state index is 11.0. The minimum absolute atomic E-state index is 0.171. The van der Waals surface area contributed by atoms with Gasteiger partial charge in [-0.1, -0.05) is 0 Å². The molecule has 0 aliphatic heterocycles. The lowest BCUT2D eigenvalue weighted by Crippen LogP contribution is -2.14. The van der Waals surface area contributed by atoms with Gasteiger partial charge in [-0.2, -0.15) is 0 Å². The normalized spacial score (nSPS) is 10.3. The molecule has 2 N–H and O–H groups in total. The Balaban J connectivity index is 2.67. The Morgan fingerprint density at radius 3 is 2.94 bits per heavy atom. The van der Waals surface area contributed by atoms with Gasteiger partial charge in [-0.3, -0.25) is 9.78 Å². The van der Waals surface area contributed by atoms with Crippen LogP contribution in [-0.2, 0) is 11.2 Å². The van der Waals surface area contributed by atoms with Gasteiger partial charge in [0.1, 0.15) is 5.75 Å². The molecule has 0 saturated carbocycles. The molecular formula is C12H12N2O2. The molecule has 4 heteroatoms. The molecule has 0 saturated heterocycles. The van der Waals surface area contributed by atoms with E-state index in [2.05, 4.69) is 4.98 Å². The molecule has 0 bridgehead atoms. The van der Waals surface area contributed by atoms with Gasteiger partial charge in [0.15, 0.2) is 0 Å².